The van der Waals surface area contributed by atoms with Crippen molar-refractivity contribution in [3.63, 3.8) is 0 Å². The van der Waals surface area contributed by atoms with Crippen molar-refractivity contribution in [2.75, 3.05) is 0 Å². The third kappa shape index (κ3) is 3.89. The number of hydrogen-bond acceptors (Lipinski definition) is 4. The number of hydrogen-bond donors (Lipinski definition) is 5. The van der Waals surface area contributed by atoms with Crippen molar-refractivity contribution in [2.45, 2.75) is 10.7 Å². The molecule has 4 N–H and O–H groups in total. The number of pyridine rings is 1. The molecule has 1 unspecified atom stereocenters. The van der Waals surface area contributed by atoms with E-state index in [4.69, 9.17) is 19.6 Å². The Morgan fingerprint density at radius 1 is 1.18 bits per heavy atom. The lowest BCUT2D eigenvalue weighted by Crippen LogP contribution is -2.16. The number of aromatic nitrogens is 1. The summed E-state index contributed by atoms with van der Waals surface area (Å²) in [5.41, 5.74) is 0.229. The summed E-state index contributed by atoms with van der Waals surface area (Å²) in [5, 5.41) is -3.48. The van der Waals surface area contributed by atoms with E-state index >= 15 is 0 Å². The Labute approximate surface area is 103 Å². The molecule has 1 aromatic heterocycles. The van der Waals surface area contributed by atoms with Gasteiger partial charge >= 0.3 is 15.2 Å². The van der Waals surface area contributed by atoms with Gasteiger partial charge in [0.15, 0.2) is 5.40 Å². The fourth-order valence-electron chi connectivity index (χ4n) is 1.29. The lowest BCUT2D eigenvalue weighted by Gasteiger charge is -2.24. The molecule has 0 aromatic carbocycles. The van der Waals surface area contributed by atoms with Crippen LogP contribution in [0.2, 0.25) is 0 Å². The van der Waals surface area contributed by atoms with Crippen molar-refractivity contribution in [1.82, 2.24) is 4.98 Å². The zero-order valence-corrected chi connectivity index (χ0v) is 11.0. The Balaban J connectivity index is 3.18. The quantitative estimate of drug-likeness (QED) is 0.409. The van der Waals surface area contributed by atoms with Crippen LogP contribution in [0.25, 0.3) is 0 Å². The van der Waals surface area contributed by atoms with Crippen LogP contribution in [0.5, 0.6) is 0 Å². The van der Waals surface area contributed by atoms with Crippen LogP contribution in [0.4, 0.5) is 0 Å². The molecular weight excluding hydrogens is 288 g/mol. The Bertz CT molecular complexity index is 449. The molecule has 0 aliphatic heterocycles. The summed E-state index contributed by atoms with van der Waals surface area (Å²) in [7, 11) is -9.97. The van der Waals surface area contributed by atoms with Gasteiger partial charge in [-0.1, -0.05) is 6.07 Å². The van der Waals surface area contributed by atoms with Gasteiger partial charge < -0.3 is 19.6 Å². The van der Waals surface area contributed by atoms with Crippen molar-refractivity contribution >= 4 is 27.8 Å². The highest BCUT2D eigenvalue weighted by atomic mass is 32.1. The van der Waals surface area contributed by atoms with Crippen LogP contribution in [-0.2, 0) is 9.13 Å². The molecule has 0 saturated heterocycles. The minimum Gasteiger partial charge on any atom is -0.324 e. The summed E-state index contributed by atoms with van der Waals surface area (Å²) in [4.78, 5) is 39.7. The van der Waals surface area contributed by atoms with E-state index in [9.17, 15) is 9.13 Å². The van der Waals surface area contributed by atoms with Gasteiger partial charge in [0, 0.05) is 12.4 Å². The van der Waals surface area contributed by atoms with Crippen molar-refractivity contribution < 1.29 is 28.7 Å². The lowest BCUT2D eigenvalue weighted by atomic mass is 10.2. The van der Waals surface area contributed by atoms with Crippen LogP contribution in [0.1, 0.15) is 10.8 Å². The first-order valence-electron chi connectivity index (χ1n) is 4.32. The first kappa shape index (κ1) is 14.9. The van der Waals surface area contributed by atoms with E-state index in [1.807, 2.05) is 0 Å². The maximum Gasteiger partial charge on any atom is 0.342 e. The first-order chi connectivity index (χ1) is 7.64. The van der Waals surface area contributed by atoms with Crippen molar-refractivity contribution in [3.05, 3.63) is 30.1 Å². The van der Waals surface area contributed by atoms with Gasteiger partial charge in [-0.15, -0.1) is 0 Å². The van der Waals surface area contributed by atoms with Crippen molar-refractivity contribution in [1.29, 1.82) is 0 Å². The monoisotopic (exact) mass is 299 g/mol. The van der Waals surface area contributed by atoms with E-state index in [-0.39, 0.29) is 5.56 Å². The average Bonchev–Trinajstić information content (AvgIpc) is 2.14. The summed E-state index contributed by atoms with van der Waals surface area (Å²) < 4.78 is 22.3. The maximum absolute atomic E-state index is 11.1. The summed E-state index contributed by atoms with van der Waals surface area (Å²) >= 11 is 3.88. The van der Waals surface area contributed by atoms with Gasteiger partial charge in [-0.3, -0.25) is 14.1 Å². The summed E-state index contributed by atoms with van der Waals surface area (Å²) in [6.45, 7) is 0. The topological polar surface area (TPSA) is 128 Å². The molecule has 1 aromatic rings. The second kappa shape index (κ2) is 5.20. The van der Waals surface area contributed by atoms with Crippen LogP contribution in [-0.4, -0.2) is 30.0 Å². The number of thiol groups is 1. The van der Waals surface area contributed by atoms with Gasteiger partial charge in [-0.25, -0.2) is 0 Å². The second-order valence-corrected chi connectivity index (χ2v) is 7.76. The predicted octanol–water partition coefficient (Wildman–Crippen LogP) is 0.734. The zero-order valence-electron chi connectivity index (χ0n) is 8.36. The van der Waals surface area contributed by atoms with Gasteiger partial charge in [0.05, 0.1) is 5.25 Å². The molecule has 1 heterocycles. The molecule has 0 spiro atoms. The maximum atomic E-state index is 11.1. The Morgan fingerprint density at radius 2 is 1.71 bits per heavy atom. The largest absolute Gasteiger partial charge is 0.342 e. The van der Waals surface area contributed by atoms with Crippen LogP contribution in [0.3, 0.4) is 0 Å². The minimum atomic E-state index is -4.99. The van der Waals surface area contributed by atoms with Gasteiger partial charge in [0.1, 0.15) is 0 Å². The molecule has 0 aliphatic carbocycles. The van der Waals surface area contributed by atoms with E-state index in [1.54, 1.807) is 0 Å². The van der Waals surface area contributed by atoms with Gasteiger partial charge in [0.25, 0.3) is 0 Å². The molecule has 0 radical (unpaired) electrons. The Morgan fingerprint density at radius 3 is 2.06 bits per heavy atom. The number of rotatable bonds is 4. The predicted molar refractivity (Wildman–Crippen MR) is 63.8 cm³/mol. The standard InChI is InChI=1S/C7H11NO6P2S/c9-15(10,11)7(16(12,13)14)6(17)5-2-1-3-8-4-5/h1-4,6-7,17H,(H2,9,10,11)(H2,12,13,14). The fraction of sp³-hybridized carbons (Fsp3) is 0.286. The molecule has 0 aliphatic rings. The molecule has 7 nitrogen and oxygen atoms in total. The highest BCUT2D eigenvalue weighted by Crippen LogP contribution is 2.65. The first-order valence-corrected chi connectivity index (χ1v) is 8.20. The molecule has 96 valence electrons. The third-order valence-corrected chi connectivity index (χ3v) is 6.84. The molecule has 0 bridgehead atoms. The molecule has 0 saturated carbocycles. The van der Waals surface area contributed by atoms with E-state index in [1.165, 1.54) is 24.5 Å². The second-order valence-electron chi connectivity index (χ2n) is 3.32. The van der Waals surface area contributed by atoms with Gasteiger partial charge in [0.2, 0.25) is 0 Å². The van der Waals surface area contributed by atoms with E-state index in [2.05, 4.69) is 17.6 Å². The third-order valence-electron chi connectivity index (χ3n) is 2.00. The molecule has 17 heavy (non-hydrogen) atoms. The van der Waals surface area contributed by atoms with Crippen LogP contribution in [0.15, 0.2) is 24.5 Å². The molecule has 0 fully saturated rings. The smallest absolute Gasteiger partial charge is 0.324 e. The molecule has 1 atom stereocenters. The van der Waals surface area contributed by atoms with Gasteiger partial charge in [-0.2, -0.15) is 12.6 Å². The fourth-order valence-corrected chi connectivity index (χ4v) is 5.13. The summed E-state index contributed by atoms with van der Waals surface area (Å²) in [5.74, 6) is 0. The SMILES string of the molecule is O=P(O)(O)C(C(S)c1cccnc1)P(=O)(O)O. The summed E-state index contributed by atoms with van der Waals surface area (Å²) in [6, 6.07) is 2.91. The zero-order chi connectivity index (χ0) is 13.3. The van der Waals surface area contributed by atoms with Crippen LogP contribution in [0, 0.1) is 0 Å². The highest BCUT2D eigenvalue weighted by molar-refractivity contribution is 7.83. The van der Waals surface area contributed by atoms with Crippen molar-refractivity contribution in [3.8, 4) is 0 Å². The van der Waals surface area contributed by atoms with E-state index in [0.717, 1.165) is 0 Å². The van der Waals surface area contributed by atoms with E-state index < -0.39 is 25.8 Å². The average molecular weight is 299 g/mol. The minimum absolute atomic E-state index is 0.229. The molecular formula is C7H11NO6P2S. The molecule has 1 rings (SSSR count). The van der Waals surface area contributed by atoms with E-state index in [0.29, 0.717) is 0 Å². The Kier molecular flexibility index (Phi) is 4.54. The Hall–Kier alpha value is -0.200. The molecule has 0 amide bonds. The van der Waals surface area contributed by atoms with Crippen molar-refractivity contribution in [2.24, 2.45) is 0 Å². The number of nitrogens with zero attached hydrogens (tertiary/aromatic N) is 1. The van der Waals surface area contributed by atoms with Gasteiger partial charge in [-0.05, 0) is 11.6 Å². The van der Waals surface area contributed by atoms with Crippen LogP contribution < -0.4 is 0 Å². The van der Waals surface area contributed by atoms with Crippen LogP contribution >= 0.6 is 27.8 Å². The normalized spacial score (nSPS) is 14.9. The lowest BCUT2D eigenvalue weighted by molar-refractivity contribution is 0.337. The molecule has 10 heteroatoms. The summed E-state index contributed by atoms with van der Waals surface area (Å²) in [6.07, 6.45) is 2.67. The highest BCUT2D eigenvalue weighted by Gasteiger charge is 2.48.